The lowest BCUT2D eigenvalue weighted by Crippen LogP contribution is -2.14. The van der Waals surface area contributed by atoms with Gasteiger partial charge in [0.05, 0.1) is 24.3 Å². The predicted octanol–water partition coefficient (Wildman–Crippen LogP) is 6.03. The Morgan fingerprint density at radius 2 is 1.24 bits per heavy atom. The van der Waals surface area contributed by atoms with Gasteiger partial charge in [0, 0.05) is 0 Å². The third-order valence-corrected chi connectivity index (χ3v) is 6.00. The number of esters is 2. The van der Waals surface area contributed by atoms with Gasteiger partial charge in [-0.05, 0) is 61.7 Å². The van der Waals surface area contributed by atoms with Gasteiger partial charge in [-0.25, -0.2) is 9.59 Å². The summed E-state index contributed by atoms with van der Waals surface area (Å²) in [6.07, 6.45) is 3.53. The van der Waals surface area contributed by atoms with E-state index in [0.29, 0.717) is 19.0 Å². The molecular formula is C29H33N3O5. The molecule has 0 bridgehead atoms. The van der Waals surface area contributed by atoms with Crippen LogP contribution >= 0.6 is 0 Å². The molecule has 0 fully saturated rings. The van der Waals surface area contributed by atoms with E-state index < -0.39 is 11.9 Å². The number of para-hydroxylation sites is 2. The Bertz CT molecular complexity index is 1390. The predicted molar refractivity (Wildman–Crippen MR) is 142 cm³/mol. The van der Waals surface area contributed by atoms with Crippen LogP contribution in [0.4, 0.5) is 0 Å². The second-order valence-corrected chi connectivity index (χ2v) is 8.87. The van der Waals surface area contributed by atoms with E-state index in [1.807, 2.05) is 59.1 Å². The molecular weight excluding hydrogens is 470 g/mol. The molecule has 5 aromatic rings. The highest BCUT2D eigenvalue weighted by atomic mass is 16.5. The summed E-state index contributed by atoms with van der Waals surface area (Å²) in [5, 5.41) is 9.89. The molecule has 3 aromatic carbocycles. The topological polar surface area (TPSA) is 86.6 Å². The minimum atomic E-state index is -0.471. The van der Waals surface area contributed by atoms with Gasteiger partial charge in [0.15, 0.2) is 0 Å². The van der Waals surface area contributed by atoms with Crippen molar-refractivity contribution in [1.29, 1.82) is 0 Å². The van der Waals surface area contributed by atoms with E-state index in [-0.39, 0.29) is 11.1 Å². The van der Waals surface area contributed by atoms with Gasteiger partial charge < -0.3 is 14.6 Å². The lowest BCUT2D eigenvalue weighted by molar-refractivity contribution is 0.0452. The molecule has 37 heavy (non-hydrogen) atoms. The van der Waals surface area contributed by atoms with Crippen molar-refractivity contribution < 1.29 is 24.2 Å². The molecule has 2 aromatic heterocycles. The third-order valence-electron chi connectivity index (χ3n) is 6.00. The smallest absolute Gasteiger partial charge is 0.339 e. The average molecular weight is 504 g/mol. The van der Waals surface area contributed by atoms with Gasteiger partial charge in [-0.15, -0.1) is 14.1 Å². The molecule has 2 heterocycles. The van der Waals surface area contributed by atoms with Crippen LogP contribution in [0.15, 0.2) is 66.7 Å². The minimum Gasteiger partial charge on any atom is -0.506 e. The van der Waals surface area contributed by atoms with Gasteiger partial charge in [0.2, 0.25) is 0 Å². The summed E-state index contributed by atoms with van der Waals surface area (Å²) in [4.78, 5) is 25.9. The molecule has 0 amide bonds. The van der Waals surface area contributed by atoms with E-state index in [0.717, 1.165) is 36.9 Å². The number of phenolic OH excluding ortho intramolecular Hbond substituents is 1. The standard InChI is InChI=1S/C16H22O4.C13H11N3O/c1-3-5-11-19-15(17)13-9-7-8-10-14(13)16(18)20-12-6-4-2;1-9-6-7-13(17)12(8-9)16-14-10-4-2-3-5-11(10)15(14)16/h7-10H,3-6,11-12H2,1-2H3;2-8,17H,1H3. The van der Waals surface area contributed by atoms with Crippen molar-refractivity contribution >= 4 is 23.0 Å². The lowest BCUT2D eigenvalue weighted by atomic mass is 10.1. The number of hydrogen-bond donors (Lipinski definition) is 1. The number of carbonyl (C=O) groups is 2. The van der Waals surface area contributed by atoms with Crippen LogP contribution in [0, 0.1) is 6.92 Å². The SMILES string of the molecule is CCCCOC(=O)c1ccccc1C(=O)OCCCC.Cc1ccc(O)c(-n2n3c4ccccc4n23)c1. The van der Waals surface area contributed by atoms with Crippen LogP contribution in [-0.4, -0.2) is 44.3 Å². The number of ether oxygens (including phenoxy) is 2. The zero-order chi connectivity index (χ0) is 26.4. The molecule has 0 aliphatic carbocycles. The fraction of sp³-hybridized carbons (Fsp3) is 0.310. The number of aromatic hydroxyl groups is 1. The number of nitrogens with zero attached hydrogens (tertiary/aromatic N) is 3. The zero-order valence-corrected chi connectivity index (χ0v) is 21.5. The quantitative estimate of drug-likeness (QED) is 0.196. The Kier molecular flexibility index (Phi) is 8.18. The summed E-state index contributed by atoms with van der Waals surface area (Å²) in [6, 6.07) is 20.4. The van der Waals surface area contributed by atoms with Crippen molar-refractivity contribution in [2.45, 2.75) is 46.5 Å². The van der Waals surface area contributed by atoms with Crippen molar-refractivity contribution in [2.75, 3.05) is 13.2 Å². The molecule has 0 aliphatic rings. The fourth-order valence-electron chi connectivity index (χ4n) is 3.90. The van der Waals surface area contributed by atoms with Crippen LogP contribution in [0.25, 0.3) is 16.7 Å². The molecule has 5 rings (SSSR count). The number of benzene rings is 3. The summed E-state index contributed by atoms with van der Waals surface area (Å²) in [5.74, 6) is -0.640. The molecule has 0 radical (unpaired) electrons. The molecule has 0 aliphatic heterocycles. The molecule has 1 N–H and O–H groups in total. The zero-order valence-electron chi connectivity index (χ0n) is 21.5. The van der Waals surface area contributed by atoms with Crippen LogP contribution < -0.4 is 0 Å². The van der Waals surface area contributed by atoms with Crippen molar-refractivity contribution in [2.24, 2.45) is 0 Å². The number of aromatic nitrogens is 3. The fourth-order valence-corrected chi connectivity index (χ4v) is 3.90. The maximum absolute atomic E-state index is 11.9. The number of aryl methyl sites for hydroxylation is 1. The Balaban J connectivity index is 0.000000174. The van der Waals surface area contributed by atoms with E-state index in [1.165, 1.54) is 11.0 Å². The highest BCUT2D eigenvalue weighted by Gasteiger charge is 2.25. The molecule has 0 saturated heterocycles. The van der Waals surface area contributed by atoms with Crippen molar-refractivity contribution in [1.82, 2.24) is 14.1 Å². The Morgan fingerprint density at radius 3 is 1.73 bits per heavy atom. The molecule has 8 heteroatoms. The first-order valence-electron chi connectivity index (χ1n) is 12.7. The second kappa shape index (κ2) is 11.7. The maximum Gasteiger partial charge on any atom is 0.339 e. The number of rotatable bonds is 9. The highest BCUT2D eigenvalue weighted by molar-refractivity contribution is 6.03. The van der Waals surface area contributed by atoms with Gasteiger partial charge in [0.1, 0.15) is 22.5 Å². The summed E-state index contributed by atoms with van der Waals surface area (Å²) in [6.45, 7) is 6.80. The van der Waals surface area contributed by atoms with Crippen molar-refractivity contribution in [3.63, 3.8) is 0 Å². The Hall–Kier alpha value is -4.20. The average Bonchev–Trinajstić information content (AvgIpc) is 3.57. The monoisotopic (exact) mass is 503 g/mol. The first-order valence-corrected chi connectivity index (χ1v) is 12.7. The molecule has 8 nitrogen and oxygen atoms in total. The number of carbonyl (C=O) groups excluding carboxylic acids is 2. The van der Waals surface area contributed by atoms with Crippen LogP contribution in [0.5, 0.6) is 5.75 Å². The number of unbranched alkanes of at least 4 members (excludes halogenated alkanes) is 2. The van der Waals surface area contributed by atoms with Gasteiger partial charge in [0.25, 0.3) is 0 Å². The van der Waals surface area contributed by atoms with E-state index in [9.17, 15) is 14.7 Å². The van der Waals surface area contributed by atoms with Gasteiger partial charge in [-0.3, -0.25) is 0 Å². The molecule has 0 unspecified atom stereocenters. The maximum atomic E-state index is 11.9. The van der Waals surface area contributed by atoms with Crippen molar-refractivity contribution in [3.8, 4) is 11.4 Å². The third kappa shape index (κ3) is 5.63. The van der Waals surface area contributed by atoms with E-state index >= 15 is 0 Å². The summed E-state index contributed by atoms with van der Waals surface area (Å²) in [5.41, 5.74) is 4.84. The first kappa shape index (κ1) is 25.9. The van der Waals surface area contributed by atoms with Gasteiger partial charge in [-0.2, -0.15) is 0 Å². The number of hydrogen-bond acceptors (Lipinski definition) is 5. The van der Waals surface area contributed by atoms with Crippen LogP contribution in [0.3, 0.4) is 0 Å². The van der Waals surface area contributed by atoms with Crippen LogP contribution in [-0.2, 0) is 9.47 Å². The second-order valence-electron chi connectivity index (χ2n) is 8.87. The Morgan fingerprint density at radius 1 is 0.757 bits per heavy atom. The van der Waals surface area contributed by atoms with Gasteiger partial charge >= 0.3 is 11.9 Å². The van der Waals surface area contributed by atoms with E-state index in [2.05, 4.69) is 12.1 Å². The Labute approximate surface area is 215 Å². The summed E-state index contributed by atoms with van der Waals surface area (Å²) >= 11 is 0. The molecule has 0 spiro atoms. The van der Waals surface area contributed by atoms with Crippen molar-refractivity contribution in [3.05, 3.63) is 83.4 Å². The molecule has 0 saturated carbocycles. The van der Waals surface area contributed by atoms with E-state index in [1.54, 1.807) is 30.3 Å². The summed E-state index contributed by atoms with van der Waals surface area (Å²) < 4.78 is 14.3. The highest BCUT2D eigenvalue weighted by Crippen LogP contribution is 2.30. The van der Waals surface area contributed by atoms with Gasteiger partial charge in [-0.1, -0.05) is 57.0 Å². The summed E-state index contributed by atoms with van der Waals surface area (Å²) in [7, 11) is 0. The van der Waals surface area contributed by atoms with Crippen LogP contribution in [0.1, 0.15) is 65.8 Å². The first-order chi connectivity index (χ1) is 18.0. The lowest BCUT2D eigenvalue weighted by Gasteiger charge is -2.09. The normalized spacial score (nSPS) is 11.0. The van der Waals surface area contributed by atoms with Crippen LogP contribution in [0.2, 0.25) is 0 Å². The minimum absolute atomic E-state index is 0.269. The number of fused-ring (bicyclic) bond motifs is 4. The molecule has 0 atom stereocenters. The number of phenols is 1. The molecule has 194 valence electrons. The largest absolute Gasteiger partial charge is 0.506 e. The van der Waals surface area contributed by atoms with E-state index in [4.69, 9.17) is 9.47 Å².